The van der Waals surface area contributed by atoms with Gasteiger partial charge < -0.3 is 15.0 Å². The van der Waals surface area contributed by atoms with E-state index >= 15 is 0 Å². The van der Waals surface area contributed by atoms with Crippen molar-refractivity contribution < 1.29 is 14.3 Å². The van der Waals surface area contributed by atoms with Crippen LogP contribution in [0.25, 0.3) is 5.69 Å². The number of halogens is 1. The molecular formula is C16H13FN4O2. The second-order valence-corrected chi connectivity index (χ2v) is 4.81. The van der Waals surface area contributed by atoms with Gasteiger partial charge in [0.15, 0.2) is 5.69 Å². The van der Waals surface area contributed by atoms with E-state index in [2.05, 4.69) is 15.3 Å². The van der Waals surface area contributed by atoms with Crippen LogP contribution in [-0.4, -0.2) is 25.5 Å². The van der Waals surface area contributed by atoms with Crippen molar-refractivity contribution in [1.29, 1.82) is 0 Å². The number of aromatic hydroxyl groups is 1. The highest BCUT2D eigenvalue weighted by molar-refractivity contribution is 5.94. The molecule has 0 unspecified atom stereocenters. The van der Waals surface area contributed by atoms with Crippen molar-refractivity contribution in [2.45, 2.75) is 6.54 Å². The minimum Gasteiger partial charge on any atom is -0.505 e. The molecule has 1 amide bonds. The number of amides is 1. The van der Waals surface area contributed by atoms with Gasteiger partial charge in [0.1, 0.15) is 11.6 Å². The summed E-state index contributed by atoms with van der Waals surface area (Å²) in [7, 11) is 0. The van der Waals surface area contributed by atoms with Crippen molar-refractivity contribution in [2.24, 2.45) is 0 Å². The van der Waals surface area contributed by atoms with Crippen LogP contribution in [0.15, 0.2) is 55.2 Å². The Morgan fingerprint density at radius 1 is 1.30 bits per heavy atom. The number of carbonyl (C=O) groups is 1. The molecule has 0 saturated carbocycles. The fraction of sp³-hybridized carbons (Fsp3) is 0.0625. The molecule has 2 heterocycles. The molecule has 0 saturated heterocycles. The van der Waals surface area contributed by atoms with Gasteiger partial charge in [0.05, 0.1) is 12.0 Å². The molecule has 0 aliphatic carbocycles. The Hall–Kier alpha value is -3.22. The van der Waals surface area contributed by atoms with Crippen molar-refractivity contribution >= 4 is 5.91 Å². The first-order chi connectivity index (χ1) is 11.1. The van der Waals surface area contributed by atoms with Gasteiger partial charge in [0.2, 0.25) is 0 Å². The summed E-state index contributed by atoms with van der Waals surface area (Å²) in [5.41, 5.74) is 0.901. The number of aromatic nitrogens is 3. The van der Waals surface area contributed by atoms with E-state index in [0.29, 0.717) is 11.3 Å². The van der Waals surface area contributed by atoms with Gasteiger partial charge >= 0.3 is 0 Å². The molecule has 0 aliphatic heterocycles. The topological polar surface area (TPSA) is 80.0 Å². The first kappa shape index (κ1) is 14.7. The number of carbonyl (C=O) groups excluding carboxylic acids is 1. The second-order valence-electron chi connectivity index (χ2n) is 4.81. The molecule has 0 radical (unpaired) electrons. The molecule has 0 aliphatic rings. The summed E-state index contributed by atoms with van der Waals surface area (Å²) >= 11 is 0. The van der Waals surface area contributed by atoms with Gasteiger partial charge in [-0.05, 0) is 29.8 Å². The fourth-order valence-electron chi connectivity index (χ4n) is 2.11. The molecule has 3 rings (SSSR count). The van der Waals surface area contributed by atoms with E-state index in [0.717, 1.165) is 0 Å². The number of benzene rings is 1. The van der Waals surface area contributed by atoms with E-state index < -0.39 is 11.7 Å². The molecule has 6 nitrogen and oxygen atoms in total. The van der Waals surface area contributed by atoms with Gasteiger partial charge in [-0.2, -0.15) is 0 Å². The Bertz CT molecular complexity index is 834. The van der Waals surface area contributed by atoms with Crippen LogP contribution >= 0.6 is 0 Å². The maximum Gasteiger partial charge on any atom is 0.273 e. The summed E-state index contributed by atoms with van der Waals surface area (Å²) in [6.07, 6.45) is 6.12. The van der Waals surface area contributed by atoms with Crippen LogP contribution < -0.4 is 5.32 Å². The molecule has 23 heavy (non-hydrogen) atoms. The predicted molar refractivity (Wildman–Crippen MR) is 80.6 cm³/mol. The third-order valence-corrected chi connectivity index (χ3v) is 3.25. The Balaban J connectivity index is 1.71. The van der Waals surface area contributed by atoms with Crippen molar-refractivity contribution in [3.05, 3.63) is 72.3 Å². The summed E-state index contributed by atoms with van der Waals surface area (Å²) in [5.74, 6) is -1.15. The molecule has 7 heteroatoms. The Morgan fingerprint density at radius 2 is 2.17 bits per heavy atom. The zero-order valence-electron chi connectivity index (χ0n) is 12.0. The molecule has 0 bridgehead atoms. The van der Waals surface area contributed by atoms with Crippen LogP contribution in [-0.2, 0) is 6.54 Å². The zero-order valence-corrected chi connectivity index (χ0v) is 12.0. The maximum absolute atomic E-state index is 14.1. The van der Waals surface area contributed by atoms with Gasteiger partial charge in [-0.3, -0.25) is 4.79 Å². The van der Waals surface area contributed by atoms with Gasteiger partial charge in [0.25, 0.3) is 5.91 Å². The van der Waals surface area contributed by atoms with E-state index in [4.69, 9.17) is 0 Å². The van der Waals surface area contributed by atoms with Crippen LogP contribution in [0, 0.1) is 5.82 Å². The summed E-state index contributed by atoms with van der Waals surface area (Å²) < 4.78 is 15.7. The number of hydrogen-bond donors (Lipinski definition) is 2. The van der Waals surface area contributed by atoms with Crippen molar-refractivity contribution in [3.63, 3.8) is 0 Å². The predicted octanol–water partition coefficient (Wildman–Crippen LogP) is 2.04. The van der Waals surface area contributed by atoms with E-state index in [1.165, 1.54) is 30.7 Å². The number of hydrogen-bond acceptors (Lipinski definition) is 4. The monoisotopic (exact) mass is 312 g/mol. The minimum absolute atomic E-state index is 0.0667. The van der Waals surface area contributed by atoms with Crippen LogP contribution in [0.3, 0.4) is 0 Å². The summed E-state index contributed by atoms with van der Waals surface area (Å²) in [4.78, 5) is 19.6. The molecule has 116 valence electrons. The molecule has 2 N–H and O–H groups in total. The smallest absolute Gasteiger partial charge is 0.273 e. The lowest BCUT2D eigenvalue weighted by Crippen LogP contribution is -2.24. The van der Waals surface area contributed by atoms with Gasteiger partial charge in [-0.25, -0.2) is 14.4 Å². The number of rotatable bonds is 4. The highest BCUT2D eigenvalue weighted by atomic mass is 19.1. The van der Waals surface area contributed by atoms with Crippen molar-refractivity contribution in [3.8, 4) is 11.4 Å². The summed E-state index contributed by atoms with van der Waals surface area (Å²) in [6, 6.07) is 7.55. The van der Waals surface area contributed by atoms with Gasteiger partial charge in [-0.1, -0.05) is 6.07 Å². The third kappa shape index (κ3) is 3.18. The lowest BCUT2D eigenvalue weighted by atomic mass is 10.2. The van der Waals surface area contributed by atoms with E-state index in [-0.39, 0.29) is 18.0 Å². The summed E-state index contributed by atoms with van der Waals surface area (Å²) in [6.45, 7) is 0.121. The number of nitrogens with zero attached hydrogens (tertiary/aromatic N) is 3. The summed E-state index contributed by atoms with van der Waals surface area (Å²) in [5, 5.41) is 12.2. The second kappa shape index (κ2) is 6.27. The standard InChI is InChI=1S/C16H13FN4O2/c17-12-8-11(3-4-13(12)21-7-6-18-10-21)9-20-16(23)15-14(22)2-1-5-19-15/h1-8,10,22H,9H2,(H,20,23). The average Bonchev–Trinajstić information content (AvgIpc) is 3.07. The number of nitrogens with one attached hydrogen (secondary N) is 1. The van der Waals surface area contributed by atoms with E-state index in [9.17, 15) is 14.3 Å². The molecule has 0 atom stereocenters. The largest absolute Gasteiger partial charge is 0.505 e. The zero-order chi connectivity index (χ0) is 16.2. The van der Waals surface area contributed by atoms with Gasteiger partial charge in [0, 0.05) is 25.1 Å². The Morgan fingerprint density at radius 3 is 2.87 bits per heavy atom. The highest BCUT2D eigenvalue weighted by Gasteiger charge is 2.12. The van der Waals surface area contributed by atoms with E-state index in [1.807, 2.05) is 0 Å². The molecule has 0 fully saturated rings. The molecule has 3 aromatic rings. The average molecular weight is 312 g/mol. The minimum atomic E-state index is -0.526. The first-order valence-corrected chi connectivity index (χ1v) is 6.84. The third-order valence-electron chi connectivity index (χ3n) is 3.25. The van der Waals surface area contributed by atoms with Crippen LogP contribution in [0.1, 0.15) is 16.1 Å². The number of pyridine rings is 1. The van der Waals surface area contributed by atoms with Crippen LogP contribution in [0.2, 0.25) is 0 Å². The molecular weight excluding hydrogens is 299 g/mol. The normalized spacial score (nSPS) is 10.5. The maximum atomic E-state index is 14.1. The van der Waals surface area contributed by atoms with Crippen molar-refractivity contribution in [1.82, 2.24) is 19.9 Å². The lowest BCUT2D eigenvalue weighted by molar-refractivity contribution is 0.0943. The Labute approximate surface area is 131 Å². The van der Waals surface area contributed by atoms with Gasteiger partial charge in [-0.15, -0.1) is 0 Å². The van der Waals surface area contributed by atoms with E-state index in [1.54, 1.807) is 29.1 Å². The highest BCUT2D eigenvalue weighted by Crippen LogP contribution is 2.16. The van der Waals surface area contributed by atoms with Crippen LogP contribution in [0.5, 0.6) is 5.75 Å². The lowest BCUT2D eigenvalue weighted by Gasteiger charge is -2.08. The SMILES string of the molecule is O=C(NCc1ccc(-n2ccnc2)c(F)c1)c1ncccc1O. The molecule has 2 aromatic heterocycles. The quantitative estimate of drug-likeness (QED) is 0.772. The Kier molecular flexibility index (Phi) is 4.01. The molecule has 0 spiro atoms. The molecule has 1 aromatic carbocycles. The number of imidazole rings is 1. The van der Waals surface area contributed by atoms with Crippen LogP contribution in [0.4, 0.5) is 4.39 Å². The fourth-order valence-corrected chi connectivity index (χ4v) is 2.11. The van der Waals surface area contributed by atoms with Crippen molar-refractivity contribution in [2.75, 3.05) is 0 Å². The first-order valence-electron chi connectivity index (χ1n) is 6.84.